The van der Waals surface area contributed by atoms with Crippen LogP contribution in [-0.4, -0.2) is 38.7 Å². The smallest absolute Gasteiger partial charge is 0.293 e. The first-order chi connectivity index (χ1) is 12.7. The number of halogens is 1. The number of carbonyl (C=O) groups excluding carboxylic acids is 1. The molecule has 0 spiro atoms. The molecule has 1 aliphatic heterocycles. The number of hydrogen-bond acceptors (Lipinski definition) is 4. The minimum Gasteiger partial charge on any atom is -0.336 e. The van der Waals surface area contributed by atoms with E-state index in [4.69, 9.17) is 0 Å². The topological polar surface area (TPSA) is 51.0 Å². The van der Waals surface area contributed by atoms with Crippen LogP contribution in [0.15, 0.2) is 41.8 Å². The second-order valence-corrected chi connectivity index (χ2v) is 7.28. The van der Waals surface area contributed by atoms with Gasteiger partial charge in [0.1, 0.15) is 5.82 Å². The lowest BCUT2D eigenvalue weighted by molar-refractivity contribution is 0.0749. The van der Waals surface area contributed by atoms with Gasteiger partial charge in [-0.05, 0) is 42.5 Å². The molecular formula is C19H19FN4OS. The molecule has 0 atom stereocenters. The molecule has 0 aliphatic carbocycles. The van der Waals surface area contributed by atoms with E-state index in [1.165, 1.54) is 23.5 Å². The first kappa shape index (κ1) is 16.9. The SMILES string of the molecule is O=C(c1nc(-c2cccs2)n(-c2cccc(F)c2)n1)N1CCCCCC1. The summed E-state index contributed by atoms with van der Waals surface area (Å²) in [7, 11) is 0. The minimum absolute atomic E-state index is 0.153. The number of benzene rings is 1. The van der Waals surface area contributed by atoms with Crippen LogP contribution in [0.5, 0.6) is 0 Å². The summed E-state index contributed by atoms with van der Waals surface area (Å²) in [6.45, 7) is 1.48. The summed E-state index contributed by atoms with van der Waals surface area (Å²) < 4.78 is 15.2. The van der Waals surface area contributed by atoms with E-state index in [9.17, 15) is 9.18 Å². The molecule has 1 aromatic carbocycles. The van der Waals surface area contributed by atoms with Gasteiger partial charge in [-0.25, -0.2) is 14.1 Å². The van der Waals surface area contributed by atoms with Crippen molar-refractivity contribution in [2.75, 3.05) is 13.1 Å². The fourth-order valence-corrected chi connectivity index (χ4v) is 3.87. The Kier molecular flexibility index (Phi) is 4.79. The van der Waals surface area contributed by atoms with Gasteiger partial charge < -0.3 is 4.90 Å². The number of hydrogen-bond donors (Lipinski definition) is 0. The molecule has 1 saturated heterocycles. The summed E-state index contributed by atoms with van der Waals surface area (Å²) in [6.07, 6.45) is 4.31. The standard InChI is InChI=1S/C19H19FN4OS/c20-14-7-5-8-15(13-14)24-18(16-9-6-12-26-16)21-17(22-24)19(25)23-10-3-1-2-4-11-23/h5-9,12-13H,1-4,10-11H2. The Hall–Kier alpha value is -2.54. The molecule has 0 saturated carbocycles. The predicted octanol–water partition coefficient (Wildman–Crippen LogP) is 4.15. The Morgan fingerprint density at radius 2 is 1.88 bits per heavy atom. The maximum atomic E-state index is 13.7. The van der Waals surface area contributed by atoms with Gasteiger partial charge in [-0.15, -0.1) is 16.4 Å². The summed E-state index contributed by atoms with van der Waals surface area (Å²) in [5, 5.41) is 6.38. The highest BCUT2D eigenvalue weighted by Crippen LogP contribution is 2.26. The van der Waals surface area contributed by atoms with Crippen molar-refractivity contribution in [3.63, 3.8) is 0 Å². The van der Waals surface area contributed by atoms with Gasteiger partial charge in [-0.3, -0.25) is 4.79 Å². The van der Waals surface area contributed by atoms with Crippen LogP contribution >= 0.6 is 11.3 Å². The maximum absolute atomic E-state index is 13.7. The number of carbonyl (C=O) groups is 1. The van der Waals surface area contributed by atoms with Gasteiger partial charge >= 0.3 is 0 Å². The highest BCUT2D eigenvalue weighted by Gasteiger charge is 2.24. The van der Waals surface area contributed by atoms with E-state index < -0.39 is 0 Å². The average molecular weight is 370 g/mol. The van der Waals surface area contributed by atoms with Gasteiger partial charge in [-0.2, -0.15) is 0 Å². The number of amides is 1. The number of rotatable bonds is 3. The molecule has 1 fully saturated rings. The highest BCUT2D eigenvalue weighted by atomic mass is 32.1. The molecule has 1 aliphatic rings. The molecule has 3 heterocycles. The first-order valence-corrected chi connectivity index (χ1v) is 9.66. The van der Waals surface area contributed by atoms with Crippen molar-refractivity contribution in [3.05, 3.63) is 53.4 Å². The van der Waals surface area contributed by atoms with Crippen LogP contribution in [0, 0.1) is 5.82 Å². The summed E-state index contributed by atoms with van der Waals surface area (Å²) >= 11 is 1.51. The van der Waals surface area contributed by atoms with E-state index in [0.29, 0.717) is 11.5 Å². The molecule has 7 heteroatoms. The molecule has 4 rings (SSSR count). The van der Waals surface area contributed by atoms with Gasteiger partial charge in [0, 0.05) is 13.1 Å². The molecule has 0 radical (unpaired) electrons. The van der Waals surface area contributed by atoms with E-state index in [-0.39, 0.29) is 17.5 Å². The van der Waals surface area contributed by atoms with Crippen LogP contribution in [0.4, 0.5) is 4.39 Å². The van der Waals surface area contributed by atoms with E-state index >= 15 is 0 Å². The van der Waals surface area contributed by atoms with Crippen LogP contribution < -0.4 is 0 Å². The molecule has 3 aromatic rings. The summed E-state index contributed by atoms with van der Waals surface area (Å²) in [4.78, 5) is 20.1. The van der Waals surface area contributed by atoms with Crippen molar-refractivity contribution in [2.45, 2.75) is 25.7 Å². The number of aromatic nitrogens is 3. The zero-order valence-electron chi connectivity index (χ0n) is 14.3. The minimum atomic E-state index is -0.351. The normalized spacial score (nSPS) is 15.0. The van der Waals surface area contributed by atoms with Crippen LogP contribution in [0.2, 0.25) is 0 Å². The predicted molar refractivity (Wildman–Crippen MR) is 99.0 cm³/mol. The molecule has 134 valence electrons. The van der Waals surface area contributed by atoms with E-state index in [0.717, 1.165) is 43.6 Å². The fraction of sp³-hybridized carbons (Fsp3) is 0.316. The summed E-state index contributed by atoms with van der Waals surface area (Å²) in [5.74, 6) is 0.221. The van der Waals surface area contributed by atoms with Crippen LogP contribution in [-0.2, 0) is 0 Å². The molecule has 26 heavy (non-hydrogen) atoms. The van der Waals surface area contributed by atoms with Crippen LogP contribution in [0.1, 0.15) is 36.3 Å². The lowest BCUT2D eigenvalue weighted by Gasteiger charge is -2.18. The quantitative estimate of drug-likeness (QED) is 0.696. The van der Waals surface area contributed by atoms with E-state index in [1.54, 1.807) is 16.8 Å². The average Bonchev–Trinajstić information content (AvgIpc) is 3.25. The third-order valence-electron chi connectivity index (χ3n) is 4.49. The van der Waals surface area contributed by atoms with Gasteiger partial charge in [0.05, 0.1) is 10.6 Å². The summed E-state index contributed by atoms with van der Waals surface area (Å²) in [5.41, 5.74) is 0.552. The Morgan fingerprint density at radius 3 is 2.58 bits per heavy atom. The highest BCUT2D eigenvalue weighted by molar-refractivity contribution is 7.13. The van der Waals surface area contributed by atoms with Crippen molar-refractivity contribution in [3.8, 4) is 16.4 Å². The second kappa shape index (κ2) is 7.37. The Labute approximate surface area is 155 Å². The molecule has 0 N–H and O–H groups in total. The van der Waals surface area contributed by atoms with Crippen LogP contribution in [0.3, 0.4) is 0 Å². The lowest BCUT2D eigenvalue weighted by Crippen LogP contribution is -2.32. The van der Waals surface area contributed by atoms with Gasteiger partial charge in [0.25, 0.3) is 5.91 Å². The van der Waals surface area contributed by atoms with Crippen molar-refractivity contribution >= 4 is 17.2 Å². The molecule has 0 bridgehead atoms. The zero-order chi connectivity index (χ0) is 17.9. The Bertz CT molecular complexity index is 898. The molecule has 0 unspecified atom stereocenters. The largest absolute Gasteiger partial charge is 0.336 e. The monoisotopic (exact) mass is 370 g/mol. The van der Waals surface area contributed by atoms with Crippen LogP contribution in [0.25, 0.3) is 16.4 Å². The molecule has 2 aromatic heterocycles. The van der Waals surface area contributed by atoms with Crippen molar-refractivity contribution in [1.29, 1.82) is 0 Å². The zero-order valence-corrected chi connectivity index (χ0v) is 15.1. The third-order valence-corrected chi connectivity index (χ3v) is 5.35. The van der Waals surface area contributed by atoms with Crippen molar-refractivity contribution in [1.82, 2.24) is 19.7 Å². The van der Waals surface area contributed by atoms with Gasteiger partial charge in [0.2, 0.25) is 5.82 Å². The van der Waals surface area contributed by atoms with E-state index in [1.807, 2.05) is 22.4 Å². The maximum Gasteiger partial charge on any atom is 0.293 e. The molecular weight excluding hydrogens is 351 g/mol. The molecule has 1 amide bonds. The van der Waals surface area contributed by atoms with Crippen molar-refractivity contribution < 1.29 is 9.18 Å². The number of thiophene rings is 1. The number of nitrogens with zero attached hydrogens (tertiary/aromatic N) is 4. The summed E-state index contributed by atoms with van der Waals surface area (Å²) in [6, 6.07) is 10.0. The molecule has 5 nitrogen and oxygen atoms in total. The third kappa shape index (κ3) is 3.39. The Morgan fingerprint density at radius 1 is 1.08 bits per heavy atom. The lowest BCUT2D eigenvalue weighted by atomic mass is 10.2. The van der Waals surface area contributed by atoms with Gasteiger partial charge in [-0.1, -0.05) is 25.0 Å². The Balaban J connectivity index is 1.75. The van der Waals surface area contributed by atoms with Gasteiger partial charge in [0.15, 0.2) is 5.82 Å². The fourth-order valence-electron chi connectivity index (χ4n) is 3.17. The van der Waals surface area contributed by atoms with E-state index in [2.05, 4.69) is 10.1 Å². The number of likely N-dealkylation sites (tertiary alicyclic amines) is 1. The first-order valence-electron chi connectivity index (χ1n) is 8.78. The van der Waals surface area contributed by atoms with Crippen molar-refractivity contribution in [2.24, 2.45) is 0 Å². The second-order valence-electron chi connectivity index (χ2n) is 6.33.